The van der Waals surface area contributed by atoms with Crippen molar-refractivity contribution in [1.82, 2.24) is 5.32 Å². The van der Waals surface area contributed by atoms with Crippen molar-refractivity contribution in [2.75, 3.05) is 7.05 Å². The number of likely N-dealkylation sites (N-methyl/N-ethyl adjacent to an activating group) is 1. The summed E-state index contributed by atoms with van der Waals surface area (Å²) >= 11 is 0. The van der Waals surface area contributed by atoms with Crippen LogP contribution < -0.4 is 5.32 Å². The lowest BCUT2D eigenvalue weighted by molar-refractivity contribution is 1.04. The first-order valence-corrected chi connectivity index (χ1v) is 2.47. The maximum absolute atomic E-state index is 3.66. The molecule has 0 aliphatic rings. The van der Waals surface area contributed by atoms with Gasteiger partial charge in [-0.25, -0.2) is 0 Å². The Morgan fingerprint density at radius 1 is 1.62 bits per heavy atom. The fourth-order valence-electron chi connectivity index (χ4n) is 0.268. The van der Waals surface area contributed by atoms with Crippen LogP contribution in [0.1, 0.15) is 0 Å². The fourth-order valence-corrected chi connectivity index (χ4v) is 0.268. The zero-order valence-electron chi connectivity index (χ0n) is 5.15. The van der Waals surface area contributed by atoms with Gasteiger partial charge in [-0.15, -0.1) is 0 Å². The van der Waals surface area contributed by atoms with Crippen LogP contribution in [0, 0.1) is 0 Å². The third-order valence-corrected chi connectivity index (χ3v) is 0.755. The summed E-state index contributed by atoms with van der Waals surface area (Å²) in [5, 5.41) is 2.87. The molecular weight excluding hydrogens is 98.1 g/mol. The van der Waals surface area contributed by atoms with Gasteiger partial charge in [0.1, 0.15) is 0 Å². The maximum Gasteiger partial charge on any atom is 0.0264 e. The summed E-state index contributed by atoms with van der Waals surface area (Å²) < 4.78 is 0. The molecule has 0 spiro atoms. The minimum absolute atomic E-state index is 0.893. The van der Waals surface area contributed by atoms with E-state index in [0.29, 0.717) is 0 Å². The molecule has 0 atom stereocenters. The second-order valence-electron chi connectivity index (χ2n) is 1.37. The minimum Gasteiger partial charge on any atom is -0.389 e. The van der Waals surface area contributed by atoms with Crippen LogP contribution in [0.4, 0.5) is 0 Å². The van der Waals surface area contributed by atoms with Gasteiger partial charge >= 0.3 is 0 Å². The second-order valence-corrected chi connectivity index (χ2v) is 1.37. The van der Waals surface area contributed by atoms with Crippen molar-refractivity contribution < 1.29 is 0 Å². The van der Waals surface area contributed by atoms with Crippen LogP contribution in [0.2, 0.25) is 0 Å². The van der Waals surface area contributed by atoms with Gasteiger partial charge in [0.05, 0.1) is 0 Å². The van der Waals surface area contributed by atoms with E-state index in [1.165, 1.54) is 0 Å². The number of allylic oxidation sites excluding steroid dienone is 3. The first kappa shape index (κ1) is 7.02. The summed E-state index contributed by atoms with van der Waals surface area (Å²) in [7, 11) is 1.83. The third-order valence-electron chi connectivity index (χ3n) is 0.755. The maximum atomic E-state index is 3.66. The molecule has 1 heteroatoms. The molecule has 1 N–H and O–H groups in total. The van der Waals surface area contributed by atoms with Crippen molar-refractivity contribution in [2.24, 2.45) is 0 Å². The summed E-state index contributed by atoms with van der Waals surface area (Å²) in [6.45, 7) is 7.18. The standard InChI is InChI=1S/C7H11N/c1-4-5-6-7(2)8-3/h4-6,8H,1-2H2,3H3/b6-5-. The Kier molecular flexibility index (Phi) is 3.67. The highest BCUT2D eigenvalue weighted by Crippen LogP contribution is 1.83. The van der Waals surface area contributed by atoms with Crippen molar-refractivity contribution in [3.8, 4) is 0 Å². The minimum atomic E-state index is 0.893. The predicted molar refractivity (Wildman–Crippen MR) is 37.5 cm³/mol. The monoisotopic (exact) mass is 109 g/mol. The van der Waals surface area contributed by atoms with E-state index < -0.39 is 0 Å². The normalized spacial score (nSPS) is 9.12. The van der Waals surface area contributed by atoms with E-state index in [0.717, 1.165) is 5.70 Å². The highest BCUT2D eigenvalue weighted by molar-refractivity contribution is 5.15. The second kappa shape index (κ2) is 4.19. The van der Waals surface area contributed by atoms with Crippen LogP contribution in [-0.4, -0.2) is 7.05 Å². The molecule has 0 aromatic heterocycles. The van der Waals surface area contributed by atoms with E-state index in [2.05, 4.69) is 18.5 Å². The molecule has 0 saturated carbocycles. The van der Waals surface area contributed by atoms with Gasteiger partial charge in [-0.05, 0) is 6.08 Å². The van der Waals surface area contributed by atoms with Gasteiger partial charge in [0.2, 0.25) is 0 Å². The Labute approximate surface area is 50.4 Å². The molecule has 0 heterocycles. The molecule has 0 saturated heterocycles. The summed E-state index contributed by atoms with van der Waals surface area (Å²) in [6.07, 6.45) is 5.40. The zero-order chi connectivity index (χ0) is 6.41. The molecule has 0 aromatic carbocycles. The Morgan fingerprint density at radius 3 is 2.62 bits per heavy atom. The van der Waals surface area contributed by atoms with Crippen LogP contribution in [0.5, 0.6) is 0 Å². The molecule has 0 fully saturated rings. The van der Waals surface area contributed by atoms with Crippen molar-refractivity contribution in [2.45, 2.75) is 0 Å². The van der Waals surface area contributed by atoms with Crippen LogP contribution in [0.25, 0.3) is 0 Å². The Hall–Kier alpha value is -0.980. The zero-order valence-corrected chi connectivity index (χ0v) is 5.15. The Balaban J connectivity index is 3.52. The average Bonchev–Trinajstić information content (AvgIpc) is 1.83. The van der Waals surface area contributed by atoms with Crippen molar-refractivity contribution >= 4 is 0 Å². The molecule has 0 radical (unpaired) electrons. The molecule has 44 valence electrons. The van der Waals surface area contributed by atoms with Crippen LogP contribution >= 0.6 is 0 Å². The lowest BCUT2D eigenvalue weighted by Gasteiger charge is -1.92. The van der Waals surface area contributed by atoms with Gasteiger partial charge in [0.25, 0.3) is 0 Å². The van der Waals surface area contributed by atoms with Crippen molar-refractivity contribution in [1.29, 1.82) is 0 Å². The first-order chi connectivity index (χ1) is 3.81. The molecule has 0 amide bonds. The van der Waals surface area contributed by atoms with E-state index in [4.69, 9.17) is 0 Å². The van der Waals surface area contributed by atoms with E-state index >= 15 is 0 Å². The molecule has 8 heavy (non-hydrogen) atoms. The van der Waals surface area contributed by atoms with Gasteiger partial charge in [-0.2, -0.15) is 0 Å². The molecular formula is C7H11N. The van der Waals surface area contributed by atoms with Crippen molar-refractivity contribution in [3.05, 3.63) is 37.1 Å². The number of rotatable bonds is 3. The summed E-state index contributed by atoms with van der Waals surface area (Å²) in [5.74, 6) is 0. The summed E-state index contributed by atoms with van der Waals surface area (Å²) in [6, 6.07) is 0. The van der Waals surface area contributed by atoms with Gasteiger partial charge < -0.3 is 5.32 Å². The van der Waals surface area contributed by atoms with Crippen LogP contribution in [-0.2, 0) is 0 Å². The van der Waals surface area contributed by atoms with E-state index in [1.807, 2.05) is 19.2 Å². The largest absolute Gasteiger partial charge is 0.389 e. The van der Waals surface area contributed by atoms with Gasteiger partial charge in [0, 0.05) is 12.7 Å². The van der Waals surface area contributed by atoms with Gasteiger partial charge in [-0.3, -0.25) is 0 Å². The molecule has 0 aliphatic heterocycles. The van der Waals surface area contributed by atoms with Gasteiger partial charge in [0.15, 0.2) is 0 Å². The highest BCUT2D eigenvalue weighted by atomic mass is 14.8. The SMILES string of the molecule is C=C/C=C\C(=C)NC. The van der Waals surface area contributed by atoms with E-state index in [9.17, 15) is 0 Å². The average molecular weight is 109 g/mol. The van der Waals surface area contributed by atoms with Gasteiger partial charge in [-0.1, -0.05) is 25.3 Å². The molecule has 1 nitrogen and oxygen atoms in total. The number of nitrogens with one attached hydrogen (secondary N) is 1. The van der Waals surface area contributed by atoms with Crippen molar-refractivity contribution in [3.63, 3.8) is 0 Å². The number of hydrogen-bond donors (Lipinski definition) is 1. The lowest BCUT2D eigenvalue weighted by Crippen LogP contribution is -1.99. The van der Waals surface area contributed by atoms with Crippen LogP contribution in [0.3, 0.4) is 0 Å². The topological polar surface area (TPSA) is 12.0 Å². The summed E-state index contributed by atoms with van der Waals surface area (Å²) in [4.78, 5) is 0. The smallest absolute Gasteiger partial charge is 0.0264 e. The lowest BCUT2D eigenvalue weighted by atomic mass is 10.4. The highest BCUT2D eigenvalue weighted by Gasteiger charge is 1.72. The van der Waals surface area contributed by atoms with E-state index in [-0.39, 0.29) is 0 Å². The van der Waals surface area contributed by atoms with E-state index in [1.54, 1.807) is 6.08 Å². The summed E-state index contributed by atoms with van der Waals surface area (Å²) in [5.41, 5.74) is 0.893. The molecule has 0 bridgehead atoms. The fraction of sp³-hybridized carbons (Fsp3) is 0.143. The Bertz CT molecular complexity index is 112. The molecule has 0 unspecified atom stereocenters. The van der Waals surface area contributed by atoms with Crippen LogP contribution in [0.15, 0.2) is 37.1 Å². The molecule has 0 aromatic rings. The molecule has 0 rings (SSSR count). The predicted octanol–water partition coefficient (Wildman–Crippen LogP) is 1.46. The first-order valence-electron chi connectivity index (χ1n) is 2.47. The number of hydrogen-bond acceptors (Lipinski definition) is 1. The third kappa shape index (κ3) is 3.22. The quantitative estimate of drug-likeness (QED) is 0.541. The Morgan fingerprint density at radius 2 is 2.25 bits per heavy atom. The molecule has 0 aliphatic carbocycles.